The number of benzene rings is 7. The number of nitrogens with zero attached hydrogens (tertiary/aromatic N) is 2. The van der Waals surface area contributed by atoms with E-state index in [1.165, 1.54) is 38.8 Å². The Morgan fingerprint density at radius 3 is 1.67 bits per heavy atom. The number of allylic oxidation sites excluding steroid dienone is 2. The molecule has 0 saturated carbocycles. The van der Waals surface area contributed by atoms with Crippen molar-refractivity contribution in [2.45, 2.75) is 12.2 Å². The van der Waals surface area contributed by atoms with E-state index in [1.54, 1.807) is 0 Å². The van der Waals surface area contributed by atoms with E-state index in [-0.39, 0.29) is 12.2 Å². The Bertz CT molecular complexity index is 2480. The van der Waals surface area contributed by atoms with Crippen molar-refractivity contribution in [2.75, 3.05) is 0 Å². The van der Waals surface area contributed by atoms with Crippen LogP contribution in [-0.2, 0) is 0 Å². The summed E-state index contributed by atoms with van der Waals surface area (Å²) in [6.07, 6.45) is 4.35. The molecule has 2 aliphatic heterocycles. The highest BCUT2D eigenvalue weighted by Crippen LogP contribution is 2.34. The van der Waals surface area contributed by atoms with Crippen LogP contribution in [-0.4, -0.2) is 11.7 Å². The van der Waals surface area contributed by atoms with Gasteiger partial charge < -0.3 is 10.6 Å². The normalized spacial score (nSPS) is 16.8. The molecule has 7 aromatic rings. The summed E-state index contributed by atoms with van der Waals surface area (Å²) >= 11 is 0. The molecule has 2 atom stereocenters. The first kappa shape index (κ1) is 31.2. The van der Waals surface area contributed by atoms with Crippen molar-refractivity contribution in [3.05, 3.63) is 228 Å². The average molecular weight is 669 g/mol. The van der Waals surface area contributed by atoms with Gasteiger partial charge in [-0.05, 0) is 74.0 Å². The highest BCUT2D eigenvalue weighted by Gasteiger charge is 2.21. The van der Waals surface area contributed by atoms with E-state index in [1.807, 2.05) is 36.4 Å². The molecule has 0 aromatic heterocycles. The molecule has 0 fully saturated rings. The highest BCUT2D eigenvalue weighted by atomic mass is 15.2. The van der Waals surface area contributed by atoms with Gasteiger partial charge in [0.05, 0.1) is 6.04 Å². The maximum absolute atomic E-state index is 5.03. The van der Waals surface area contributed by atoms with Gasteiger partial charge in [-0.1, -0.05) is 170 Å². The van der Waals surface area contributed by atoms with E-state index in [2.05, 4.69) is 168 Å². The number of amidine groups is 2. The molecule has 4 heteroatoms. The smallest absolute Gasteiger partial charge is 0.159 e. The Kier molecular flexibility index (Phi) is 8.32. The van der Waals surface area contributed by atoms with E-state index in [0.29, 0.717) is 0 Å². The van der Waals surface area contributed by atoms with E-state index < -0.39 is 0 Å². The zero-order valence-corrected chi connectivity index (χ0v) is 28.5. The molecule has 0 saturated heterocycles. The summed E-state index contributed by atoms with van der Waals surface area (Å²) in [4.78, 5) is 10.0. The molecule has 248 valence electrons. The Labute approximate surface area is 304 Å². The first-order valence-corrected chi connectivity index (χ1v) is 17.7. The molecular weight excluding hydrogens is 633 g/mol. The lowest BCUT2D eigenvalue weighted by Crippen LogP contribution is -2.33. The van der Waals surface area contributed by atoms with Gasteiger partial charge in [0.2, 0.25) is 0 Å². The predicted molar refractivity (Wildman–Crippen MR) is 216 cm³/mol. The van der Waals surface area contributed by atoms with Crippen molar-refractivity contribution in [2.24, 2.45) is 9.98 Å². The molecule has 9 rings (SSSR count). The van der Waals surface area contributed by atoms with Gasteiger partial charge >= 0.3 is 0 Å². The second-order valence-corrected chi connectivity index (χ2v) is 13.2. The lowest BCUT2D eigenvalue weighted by atomic mass is 9.92. The zero-order chi connectivity index (χ0) is 34.7. The molecule has 0 radical (unpaired) electrons. The minimum absolute atomic E-state index is 0.0760. The molecular formula is C48H36N4. The van der Waals surface area contributed by atoms with Crippen LogP contribution in [0, 0.1) is 0 Å². The van der Waals surface area contributed by atoms with Gasteiger partial charge in [0.15, 0.2) is 5.84 Å². The van der Waals surface area contributed by atoms with E-state index >= 15 is 0 Å². The standard InChI is InChI=1S/C48H36N4/c1-5-13-36(14-6-1)44-31-43(32-45(49-44)37-15-7-2-8-16-37)35-23-21-33(22-24-35)40-27-25-34-26-28-41(30-42(34)29-40)48-51-46(38-17-9-3-10-18-38)50-47(52-48)39-19-11-4-12-20-39/h1-32,44,46,49H,(H,50,51,52). The van der Waals surface area contributed by atoms with Crippen LogP contribution < -0.4 is 10.6 Å². The number of fused-ring (bicyclic) bond motifs is 1. The van der Waals surface area contributed by atoms with Gasteiger partial charge in [0, 0.05) is 16.8 Å². The summed E-state index contributed by atoms with van der Waals surface area (Å²) in [7, 11) is 0. The zero-order valence-electron chi connectivity index (χ0n) is 28.5. The largest absolute Gasteiger partial charge is 0.374 e. The second kappa shape index (κ2) is 13.9. The quantitative estimate of drug-likeness (QED) is 0.178. The van der Waals surface area contributed by atoms with Crippen molar-refractivity contribution in [1.82, 2.24) is 10.6 Å². The lowest BCUT2D eigenvalue weighted by molar-refractivity contribution is 0.674. The van der Waals surface area contributed by atoms with Crippen LogP contribution in [0.3, 0.4) is 0 Å². The Morgan fingerprint density at radius 2 is 0.981 bits per heavy atom. The van der Waals surface area contributed by atoms with E-state index in [9.17, 15) is 0 Å². The van der Waals surface area contributed by atoms with Crippen molar-refractivity contribution in [3.8, 4) is 11.1 Å². The number of hydrogen-bond acceptors (Lipinski definition) is 4. The van der Waals surface area contributed by atoms with Crippen LogP contribution in [0.25, 0.3) is 33.2 Å². The van der Waals surface area contributed by atoms with Gasteiger partial charge in [-0.2, -0.15) is 0 Å². The summed E-state index contributed by atoms with van der Waals surface area (Å²) < 4.78 is 0. The molecule has 0 spiro atoms. The molecule has 2 N–H and O–H groups in total. The first-order chi connectivity index (χ1) is 25.7. The fraction of sp³-hybridized carbons (Fsp3) is 0.0417. The minimum Gasteiger partial charge on any atom is -0.374 e. The molecule has 7 aromatic carbocycles. The lowest BCUT2D eigenvalue weighted by Gasteiger charge is -2.25. The fourth-order valence-electron chi connectivity index (χ4n) is 6.99. The molecule has 0 amide bonds. The van der Waals surface area contributed by atoms with Crippen LogP contribution in [0.5, 0.6) is 0 Å². The topological polar surface area (TPSA) is 48.8 Å². The van der Waals surface area contributed by atoms with E-state index in [4.69, 9.17) is 9.98 Å². The summed E-state index contributed by atoms with van der Waals surface area (Å²) in [5, 5.41) is 9.70. The van der Waals surface area contributed by atoms with Crippen molar-refractivity contribution in [1.29, 1.82) is 0 Å². The predicted octanol–water partition coefficient (Wildman–Crippen LogP) is 10.8. The maximum atomic E-state index is 5.03. The third kappa shape index (κ3) is 6.46. The van der Waals surface area contributed by atoms with Gasteiger partial charge in [-0.15, -0.1) is 0 Å². The minimum atomic E-state index is -0.235. The number of hydrogen-bond donors (Lipinski definition) is 2. The second-order valence-electron chi connectivity index (χ2n) is 13.2. The molecule has 2 heterocycles. The highest BCUT2D eigenvalue weighted by molar-refractivity contribution is 6.14. The van der Waals surface area contributed by atoms with Crippen LogP contribution in [0.4, 0.5) is 0 Å². The third-order valence-electron chi connectivity index (χ3n) is 9.76. The first-order valence-electron chi connectivity index (χ1n) is 17.7. The van der Waals surface area contributed by atoms with Crippen molar-refractivity contribution < 1.29 is 0 Å². The summed E-state index contributed by atoms with van der Waals surface area (Å²) in [5.41, 5.74) is 11.4. The Morgan fingerprint density at radius 1 is 0.423 bits per heavy atom. The molecule has 2 aliphatic rings. The van der Waals surface area contributed by atoms with E-state index in [0.717, 1.165) is 39.4 Å². The van der Waals surface area contributed by atoms with Gasteiger partial charge in [0.25, 0.3) is 0 Å². The summed E-state index contributed by atoms with van der Waals surface area (Å²) in [6.45, 7) is 0. The fourth-order valence-corrected chi connectivity index (χ4v) is 6.99. The van der Waals surface area contributed by atoms with Gasteiger partial charge in [-0.25, -0.2) is 9.98 Å². The molecule has 52 heavy (non-hydrogen) atoms. The Hall–Kier alpha value is -6.78. The van der Waals surface area contributed by atoms with Crippen molar-refractivity contribution >= 4 is 33.7 Å². The monoisotopic (exact) mass is 668 g/mol. The average Bonchev–Trinajstić information content (AvgIpc) is 3.24. The molecule has 4 nitrogen and oxygen atoms in total. The third-order valence-corrected chi connectivity index (χ3v) is 9.76. The van der Waals surface area contributed by atoms with Crippen molar-refractivity contribution in [3.63, 3.8) is 0 Å². The number of rotatable bonds is 7. The number of aliphatic imine (C=N–C) groups is 2. The SMILES string of the molecule is C1=C(c2ccc(-c3ccc4ccc(C5=NC(c6ccccc6)=NC(c6ccccc6)N5)cc4c3)cc2)C=C(c2ccccc2)NC1c1ccccc1. The Balaban J connectivity index is 1.03. The summed E-state index contributed by atoms with van der Waals surface area (Å²) in [5.74, 6) is 1.54. The summed E-state index contributed by atoms with van der Waals surface area (Å²) in [6, 6.07) is 64.0. The van der Waals surface area contributed by atoms with Gasteiger partial charge in [-0.3, -0.25) is 0 Å². The number of nitrogens with one attached hydrogen (secondary N) is 2. The molecule has 0 aliphatic carbocycles. The molecule has 2 unspecified atom stereocenters. The van der Waals surface area contributed by atoms with Crippen LogP contribution >= 0.6 is 0 Å². The van der Waals surface area contributed by atoms with Crippen LogP contribution in [0.15, 0.2) is 204 Å². The maximum Gasteiger partial charge on any atom is 0.159 e. The molecule has 0 bridgehead atoms. The van der Waals surface area contributed by atoms with Crippen LogP contribution in [0.1, 0.15) is 45.6 Å². The van der Waals surface area contributed by atoms with Gasteiger partial charge in [0.1, 0.15) is 12.0 Å². The number of dihydropyridines is 1. The van der Waals surface area contributed by atoms with Crippen LogP contribution in [0.2, 0.25) is 0 Å².